The quantitative estimate of drug-likeness (QED) is 0.711. The van der Waals surface area contributed by atoms with Crippen molar-refractivity contribution in [2.24, 2.45) is 0 Å². The Morgan fingerprint density at radius 3 is 2.89 bits per heavy atom. The van der Waals surface area contributed by atoms with Crippen molar-refractivity contribution in [1.29, 1.82) is 0 Å². The van der Waals surface area contributed by atoms with Gasteiger partial charge in [0.1, 0.15) is 0 Å². The largest absolute Gasteiger partial charge is 0.368 e. The molecule has 0 saturated carbocycles. The van der Waals surface area contributed by atoms with Gasteiger partial charge in [-0.05, 0) is 24.5 Å². The number of rotatable bonds is 0. The molecule has 1 aromatic carbocycles. The maximum atomic E-state index is 12.8. The average Bonchev–Trinajstić information content (AvgIpc) is 2.75. The van der Waals surface area contributed by atoms with E-state index < -0.39 is 0 Å². The van der Waals surface area contributed by atoms with Crippen LogP contribution >= 0.6 is 0 Å². The van der Waals surface area contributed by atoms with E-state index in [0.717, 1.165) is 6.54 Å². The summed E-state index contributed by atoms with van der Waals surface area (Å²) < 4.78 is 0. The average molecular weight is 256 g/mol. The van der Waals surface area contributed by atoms with E-state index in [2.05, 4.69) is 41.1 Å². The van der Waals surface area contributed by atoms with Crippen molar-refractivity contribution >= 4 is 11.6 Å². The number of hydrogen-bond acceptors (Lipinski definition) is 2. The van der Waals surface area contributed by atoms with Gasteiger partial charge in [0, 0.05) is 19.3 Å². The van der Waals surface area contributed by atoms with Gasteiger partial charge in [0.2, 0.25) is 5.91 Å². The number of likely N-dealkylation sites (N-methyl/N-ethyl adjacent to an activating group) is 1. The summed E-state index contributed by atoms with van der Waals surface area (Å²) in [6.07, 6.45) is 4.88. The number of amides is 1. The molecular formula is C16H20N2O. The normalized spacial score (nSPS) is 32.9. The van der Waals surface area contributed by atoms with Gasteiger partial charge >= 0.3 is 0 Å². The monoisotopic (exact) mass is 256 g/mol. The second-order valence-electron chi connectivity index (χ2n) is 6.09. The molecule has 3 heterocycles. The lowest BCUT2D eigenvalue weighted by atomic mass is 9.93. The highest BCUT2D eigenvalue weighted by atomic mass is 16.2. The van der Waals surface area contributed by atoms with Gasteiger partial charge in [0.05, 0.1) is 18.0 Å². The van der Waals surface area contributed by atoms with Crippen LogP contribution in [-0.2, 0) is 4.79 Å². The molecule has 1 aromatic rings. The number of nitrogens with zero attached hydrogens (tertiary/aromatic N) is 2. The van der Waals surface area contributed by atoms with E-state index in [1.807, 2.05) is 0 Å². The minimum atomic E-state index is 0.0873. The maximum absolute atomic E-state index is 12.8. The molecule has 2 unspecified atom stereocenters. The minimum absolute atomic E-state index is 0.0873. The fourth-order valence-electron chi connectivity index (χ4n) is 4.34. The van der Waals surface area contributed by atoms with Crippen molar-refractivity contribution in [3.8, 4) is 0 Å². The molecule has 0 radical (unpaired) electrons. The summed E-state index contributed by atoms with van der Waals surface area (Å²) in [6, 6.07) is 9.22. The fourth-order valence-corrected chi connectivity index (χ4v) is 4.34. The number of benzene rings is 1. The Morgan fingerprint density at radius 1 is 1.16 bits per heavy atom. The number of carbonyl (C=O) groups is 1. The molecule has 100 valence electrons. The number of para-hydroxylation sites is 1. The molecule has 3 aliphatic rings. The Bertz CT molecular complexity index is 527. The topological polar surface area (TPSA) is 23.6 Å². The van der Waals surface area contributed by atoms with Crippen LogP contribution in [0.25, 0.3) is 0 Å². The van der Waals surface area contributed by atoms with E-state index in [1.165, 1.54) is 36.9 Å². The maximum Gasteiger partial charge on any atom is 0.232 e. The number of anilines is 1. The first-order chi connectivity index (χ1) is 9.29. The molecule has 3 heteroatoms. The highest BCUT2D eigenvalue weighted by molar-refractivity contribution is 5.93. The third-order valence-electron chi connectivity index (χ3n) is 5.18. The second-order valence-corrected chi connectivity index (χ2v) is 6.09. The molecule has 3 atom stereocenters. The van der Waals surface area contributed by atoms with Crippen molar-refractivity contribution in [2.45, 2.75) is 43.7 Å². The van der Waals surface area contributed by atoms with Gasteiger partial charge in [-0.3, -0.25) is 4.79 Å². The van der Waals surface area contributed by atoms with Crippen LogP contribution < -0.4 is 4.90 Å². The first-order valence-electron chi connectivity index (χ1n) is 7.41. The third-order valence-corrected chi connectivity index (χ3v) is 5.18. The van der Waals surface area contributed by atoms with Crippen LogP contribution in [0.2, 0.25) is 0 Å². The Hall–Kier alpha value is -1.51. The molecule has 0 aromatic heterocycles. The fraction of sp³-hybridized carbons (Fsp3) is 0.562. The lowest BCUT2D eigenvalue weighted by Crippen LogP contribution is -2.42. The van der Waals surface area contributed by atoms with Crippen molar-refractivity contribution in [1.82, 2.24) is 4.90 Å². The Kier molecular flexibility index (Phi) is 2.38. The lowest BCUT2D eigenvalue weighted by Gasteiger charge is -2.31. The Morgan fingerprint density at radius 2 is 2.00 bits per heavy atom. The molecule has 1 amide bonds. The van der Waals surface area contributed by atoms with Crippen LogP contribution in [0.4, 0.5) is 5.69 Å². The smallest absolute Gasteiger partial charge is 0.232 e. The highest BCUT2D eigenvalue weighted by Crippen LogP contribution is 2.48. The number of carbonyl (C=O) groups excluding carboxylic acids is 1. The summed E-state index contributed by atoms with van der Waals surface area (Å²) in [6.45, 7) is 0.965. The predicted molar refractivity (Wildman–Crippen MR) is 75.3 cm³/mol. The first-order valence-corrected chi connectivity index (χ1v) is 7.41. The van der Waals surface area contributed by atoms with Crippen LogP contribution in [0.3, 0.4) is 0 Å². The van der Waals surface area contributed by atoms with Crippen molar-refractivity contribution < 1.29 is 4.79 Å². The standard InChI is InChI=1S/C16H20N2O/c1-17-12-8-5-4-7-11(12)14-15(17)13-9-3-2-6-10-18(13)16(14)19/h4-5,7-8,13-15H,2-3,6,9-10H2,1H3/t13-,14?,15?/m0/s1. The van der Waals surface area contributed by atoms with Crippen LogP contribution in [0, 0.1) is 0 Å². The van der Waals surface area contributed by atoms with Crippen LogP contribution in [0.15, 0.2) is 24.3 Å². The molecule has 2 saturated heterocycles. The summed E-state index contributed by atoms with van der Waals surface area (Å²) in [5.41, 5.74) is 2.50. The zero-order valence-corrected chi connectivity index (χ0v) is 11.4. The van der Waals surface area contributed by atoms with Gasteiger partial charge in [0.15, 0.2) is 0 Å². The van der Waals surface area contributed by atoms with Gasteiger partial charge in [-0.15, -0.1) is 0 Å². The van der Waals surface area contributed by atoms with Gasteiger partial charge in [-0.1, -0.05) is 31.0 Å². The summed E-state index contributed by atoms with van der Waals surface area (Å²) in [5, 5.41) is 0. The predicted octanol–water partition coefficient (Wildman–Crippen LogP) is 2.37. The molecule has 0 aliphatic carbocycles. The molecule has 0 spiro atoms. The summed E-state index contributed by atoms with van der Waals surface area (Å²) in [5.74, 6) is 0.456. The molecule has 3 nitrogen and oxygen atoms in total. The zero-order chi connectivity index (χ0) is 13.0. The van der Waals surface area contributed by atoms with E-state index in [1.54, 1.807) is 0 Å². The second kappa shape index (κ2) is 3.99. The summed E-state index contributed by atoms with van der Waals surface area (Å²) >= 11 is 0. The molecular weight excluding hydrogens is 236 g/mol. The van der Waals surface area contributed by atoms with Gasteiger partial charge < -0.3 is 9.80 Å². The number of fused-ring (bicyclic) bond motifs is 5. The molecule has 0 bridgehead atoms. The highest BCUT2D eigenvalue weighted by Gasteiger charge is 2.54. The first kappa shape index (κ1) is 11.3. The van der Waals surface area contributed by atoms with E-state index in [9.17, 15) is 4.79 Å². The summed E-state index contributed by atoms with van der Waals surface area (Å²) in [4.78, 5) is 17.3. The summed E-state index contributed by atoms with van der Waals surface area (Å²) in [7, 11) is 2.16. The van der Waals surface area contributed by atoms with Gasteiger partial charge in [-0.2, -0.15) is 0 Å². The third kappa shape index (κ3) is 1.41. The Balaban J connectivity index is 1.80. The molecule has 2 fully saturated rings. The van der Waals surface area contributed by atoms with Crippen LogP contribution in [0.1, 0.15) is 37.2 Å². The van der Waals surface area contributed by atoms with Crippen LogP contribution in [-0.4, -0.2) is 36.5 Å². The Labute approximate surface area is 114 Å². The van der Waals surface area contributed by atoms with Crippen molar-refractivity contribution in [3.05, 3.63) is 29.8 Å². The van der Waals surface area contributed by atoms with E-state index >= 15 is 0 Å². The van der Waals surface area contributed by atoms with Gasteiger partial charge in [0.25, 0.3) is 0 Å². The van der Waals surface area contributed by atoms with Crippen molar-refractivity contribution in [3.63, 3.8) is 0 Å². The van der Waals surface area contributed by atoms with E-state index in [4.69, 9.17) is 0 Å². The van der Waals surface area contributed by atoms with Gasteiger partial charge in [-0.25, -0.2) is 0 Å². The molecule has 19 heavy (non-hydrogen) atoms. The van der Waals surface area contributed by atoms with Crippen molar-refractivity contribution in [2.75, 3.05) is 18.5 Å². The lowest BCUT2D eigenvalue weighted by molar-refractivity contribution is -0.130. The number of hydrogen-bond donors (Lipinski definition) is 0. The SMILES string of the molecule is CN1c2ccccc2C2C(=O)N3CCCCC[C@H]3C21. The zero-order valence-electron chi connectivity index (χ0n) is 11.4. The molecule has 3 aliphatic heterocycles. The minimum Gasteiger partial charge on any atom is -0.368 e. The molecule has 4 rings (SSSR count). The molecule has 0 N–H and O–H groups in total. The van der Waals surface area contributed by atoms with E-state index in [-0.39, 0.29) is 5.92 Å². The van der Waals surface area contributed by atoms with E-state index in [0.29, 0.717) is 18.0 Å². The van der Waals surface area contributed by atoms with Crippen LogP contribution in [0.5, 0.6) is 0 Å².